The minimum absolute atomic E-state index is 0.362. The van der Waals surface area contributed by atoms with E-state index in [1.54, 1.807) is 0 Å². The molecule has 0 radical (unpaired) electrons. The number of hydrogen-bond donors (Lipinski definition) is 0. The Morgan fingerprint density at radius 1 is 1.10 bits per heavy atom. The molecule has 1 aromatic carbocycles. The smallest absolute Gasteiger partial charge is 0.399 e. The highest BCUT2D eigenvalue weighted by Gasteiger charge is 2.52. The van der Waals surface area contributed by atoms with Crippen molar-refractivity contribution in [2.24, 2.45) is 0 Å². The molecular weight excluding hydrogens is 284 g/mol. The number of rotatable bonds is 2. The molecule has 2 aliphatic heterocycles. The van der Waals surface area contributed by atoms with Crippen LogP contribution in [0.2, 0.25) is 5.02 Å². The van der Waals surface area contributed by atoms with E-state index < -0.39 is 7.12 Å². The molecule has 0 bridgehead atoms. The second-order valence-corrected chi connectivity index (χ2v) is 7.11. The van der Waals surface area contributed by atoms with Crippen molar-refractivity contribution in [2.75, 3.05) is 7.05 Å². The van der Waals surface area contributed by atoms with Gasteiger partial charge in [0.05, 0.1) is 11.2 Å². The molecule has 2 aliphatic rings. The lowest BCUT2D eigenvalue weighted by atomic mass is 9.77. The monoisotopic (exact) mass is 304 g/mol. The Bertz CT molecular complexity index is 648. The van der Waals surface area contributed by atoms with Gasteiger partial charge in [-0.25, -0.2) is 4.58 Å². The third-order valence-electron chi connectivity index (χ3n) is 4.52. The topological polar surface area (TPSA) is 21.5 Å². The van der Waals surface area contributed by atoms with E-state index in [0.717, 1.165) is 11.0 Å². The van der Waals surface area contributed by atoms with E-state index in [1.165, 1.54) is 5.57 Å². The maximum absolute atomic E-state index is 6.36. The van der Waals surface area contributed by atoms with Gasteiger partial charge in [0.2, 0.25) is 0 Å². The molecule has 1 saturated heterocycles. The van der Waals surface area contributed by atoms with E-state index in [1.807, 2.05) is 51.5 Å². The molecule has 0 unspecified atom stereocenters. The zero-order chi connectivity index (χ0) is 15.4. The number of nitrogens with zero attached hydrogens (tertiary/aromatic N) is 1. The molecule has 0 aliphatic carbocycles. The summed E-state index contributed by atoms with van der Waals surface area (Å²) in [6, 6.07) is 5.98. The van der Waals surface area contributed by atoms with Gasteiger partial charge in [0.1, 0.15) is 12.6 Å². The van der Waals surface area contributed by atoms with Crippen LogP contribution in [0.15, 0.2) is 24.4 Å². The van der Waals surface area contributed by atoms with Gasteiger partial charge in [-0.15, -0.1) is 0 Å². The summed E-state index contributed by atoms with van der Waals surface area (Å²) in [7, 11) is 1.58. The largest absolute Gasteiger partial charge is 0.496 e. The summed E-state index contributed by atoms with van der Waals surface area (Å²) in [4.78, 5) is 0. The van der Waals surface area contributed by atoms with Gasteiger partial charge in [-0.2, -0.15) is 0 Å². The fraction of sp³-hybridized carbons (Fsp3) is 0.438. The number of halogens is 1. The van der Waals surface area contributed by atoms with Crippen LogP contribution in [0.25, 0.3) is 5.57 Å². The summed E-state index contributed by atoms with van der Waals surface area (Å²) < 4.78 is 14.2. The molecule has 3 nitrogen and oxygen atoms in total. The van der Waals surface area contributed by atoms with Crippen molar-refractivity contribution in [1.29, 1.82) is 0 Å². The van der Waals surface area contributed by atoms with E-state index in [9.17, 15) is 0 Å². The highest BCUT2D eigenvalue weighted by atomic mass is 35.5. The van der Waals surface area contributed by atoms with Gasteiger partial charge >= 0.3 is 7.12 Å². The van der Waals surface area contributed by atoms with E-state index in [2.05, 4.69) is 18.5 Å². The summed E-state index contributed by atoms with van der Waals surface area (Å²) in [5.74, 6) is 0. The van der Waals surface area contributed by atoms with Crippen LogP contribution < -0.4 is 5.46 Å². The fourth-order valence-electron chi connectivity index (χ4n) is 2.45. The normalized spacial score (nSPS) is 22.7. The lowest BCUT2D eigenvalue weighted by molar-refractivity contribution is -0.423. The lowest BCUT2D eigenvalue weighted by Gasteiger charge is -2.32. The summed E-state index contributed by atoms with van der Waals surface area (Å²) >= 11 is 6.36. The molecular formula is C16H20BClNO2+. The SMILES string of the molecule is C[N+]1=CC(c2ccc(Cl)c(B3OC(C)(C)C(C)(C)O3)c2)=C1. The zero-order valence-electron chi connectivity index (χ0n) is 13.1. The maximum atomic E-state index is 6.36. The van der Waals surface area contributed by atoms with Crippen LogP contribution in [0.5, 0.6) is 0 Å². The van der Waals surface area contributed by atoms with Gasteiger partial charge in [-0.3, -0.25) is 0 Å². The Morgan fingerprint density at radius 2 is 1.67 bits per heavy atom. The molecule has 1 fully saturated rings. The van der Waals surface area contributed by atoms with Crippen molar-refractivity contribution < 1.29 is 13.9 Å². The van der Waals surface area contributed by atoms with E-state index in [-0.39, 0.29) is 11.2 Å². The van der Waals surface area contributed by atoms with Crippen LogP contribution >= 0.6 is 11.6 Å². The van der Waals surface area contributed by atoms with Crippen LogP contribution in [-0.2, 0) is 9.31 Å². The molecule has 0 amide bonds. The zero-order valence-corrected chi connectivity index (χ0v) is 13.9. The Kier molecular flexibility index (Phi) is 3.32. The van der Waals surface area contributed by atoms with E-state index >= 15 is 0 Å². The van der Waals surface area contributed by atoms with Gasteiger partial charge in [0.15, 0.2) is 12.4 Å². The molecule has 0 aromatic heterocycles. The predicted octanol–water partition coefficient (Wildman–Crippen LogP) is 2.71. The number of allylic oxidation sites excluding steroid dienone is 1. The standard InChI is InChI=1S/C16H20BClNO2/c1-15(2)16(3,4)21-17(20-15)13-8-11(6-7-14(13)18)12-9-19(5)10-12/h6-10H,1-5H3/q+1. The van der Waals surface area contributed by atoms with E-state index in [0.29, 0.717) is 5.02 Å². The molecule has 3 rings (SSSR count). The average molecular weight is 305 g/mol. The summed E-state index contributed by atoms with van der Waals surface area (Å²) in [6.07, 6.45) is 4.16. The molecule has 0 spiro atoms. The molecule has 21 heavy (non-hydrogen) atoms. The van der Waals surface area contributed by atoms with Gasteiger partial charge in [0, 0.05) is 10.5 Å². The van der Waals surface area contributed by atoms with Gasteiger partial charge in [0.25, 0.3) is 0 Å². The van der Waals surface area contributed by atoms with Gasteiger partial charge in [-0.05, 0) is 39.3 Å². The van der Waals surface area contributed by atoms with Crippen molar-refractivity contribution in [3.63, 3.8) is 0 Å². The molecule has 5 heteroatoms. The molecule has 2 heterocycles. The summed E-state index contributed by atoms with van der Waals surface area (Å²) in [5.41, 5.74) is 2.48. The average Bonchev–Trinajstić information content (AvgIpc) is 2.55. The van der Waals surface area contributed by atoms with Gasteiger partial charge < -0.3 is 9.31 Å². The minimum atomic E-state index is -0.430. The molecule has 0 N–H and O–H groups in total. The molecule has 0 atom stereocenters. The highest BCUT2D eigenvalue weighted by Crippen LogP contribution is 2.37. The molecule has 110 valence electrons. The Hall–Kier alpha value is -1.10. The second kappa shape index (κ2) is 4.70. The van der Waals surface area contributed by atoms with Crippen molar-refractivity contribution in [3.8, 4) is 0 Å². The van der Waals surface area contributed by atoms with Crippen LogP contribution in [-0.4, -0.2) is 36.2 Å². The second-order valence-electron chi connectivity index (χ2n) is 6.70. The Balaban J connectivity index is 1.93. The first-order chi connectivity index (χ1) is 9.69. The highest BCUT2D eigenvalue weighted by molar-refractivity contribution is 6.65. The quantitative estimate of drug-likeness (QED) is 0.619. The molecule has 0 saturated carbocycles. The maximum Gasteiger partial charge on any atom is 0.496 e. The Morgan fingerprint density at radius 3 is 2.19 bits per heavy atom. The third kappa shape index (κ3) is 2.46. The van der Waals surface area contributed by atoms with Crippen LogP contribution in [0, 0.1) is 0 Å². The van der Waals surface area contributed by atoms with Crippen molar-refractivity contribution in [2.45, 2.75) is 38.9 Å². The fourth-order valence-corrected chi connectivity index (χ4v) is 2.66. The first kappa shape index (κ1) is 14.8. The van der Waals surface area contributed by atoms with Crippen molar-refractivity contribution in [1.82, 2.24) is 0 Å². The minimum Gasteiger partial charge on any atom is -0.399 e. The van der Waals surface area contributed by atoms with Crippen LogP contribution in [0.4, 0.5) is 0 Å². The van der Waals surface area contributed by atoms with E-state index in [4.69, 9.17) is 20.9 Å². The third-order valence-corrected chi connectivity index (χ3v) is 4.87. The first-order valence-electron chi connectivity index (χ1n) is 7.14. The van der Waals surface area contributed by atoms with Crippen molar-refractivity contribution >= 4 is 36.0 Å². The number of hydrogen-bond acceptors (Lipinski definition) is 2. The first-order valence-corrected chi connectivity index (χ1v) is 7.51. The summed E-state index contributed by atoms with van der Waals surface area (Å²) in [5, 5.41) is 0.672. The predicted molar refractivity (Wildman–Crippen MR) is 87.4 cm³/mol. The summed E-state index contributed by atoms with van der Waals surface area (Å²) in [6.45, 7) is 8.17. The van der Waals surface area contributed by atoms with Gasteiger partial charge in [-0.1, -0.05) is 23.7 Å². The lowest BCUT2D eigenvalue weighted by Crippen LogP contribution is -2.41. The van der Waals surface area contributed by atoms with Crippen LogP contribution in [0.1, 0.15) is 33.3 Å². The Labute approximate surface area is 131 Å². The number of benzene rings is 1. The van der Waals surface area contributed by atoms with Crippen molar-refractivity contribution in [3.05, 3.63) is 35.0 Å². The van der Waals surface area contributed by atoms with Crippen LogP contribution in [0.3, 0.4) is 0 Å². The molecule has 1 aromatic rings.